The van der Waals surface area contributed by atoms with E-state index in [1.807, 2.05) is 0 Å². The van der Waals surface area contributed by atoms with Crippen molar-refractivity contribution in [3.8, 4) is 0 Å². The van der Waals surface area contributed by atoms with E-state index in [1.54, 1.807) is 0 Å². The fourth-order valence-corrected chi connectivity index (χ4v) is 1.04. The highest BCUT2D eigenvalue weighted by atomic mass is 32.2. The maximum absolute atomic E-state index is 10.1. The molecule has 1 aliphatic heterocycles. The summed E-state index contributed by atoms with van der Waals surface area (Å²) >= 11 is -2.19. The zero-order valence-corrected chi connectivity index (χ0v) is 6.17. The summed E-state index contributed by atoms with van der Waals surface area (Å²) in [6, 6.07) is 0. The molecule has 1 rings (SSSR count). The summed E-state index contributed by atoms with van der Waals surface area (Å²) in [6.07, 6.45) is 0. The van der Waals surface area contributed by atoms with Crippen LogP contribution in [0.2, 0.25) is 0 Å². The van der Waals surface area contributed by atoms with Crippen LogP contribution in [0.5, 0.6) is 0 Å². The maximum atomic E-state index is 10.1. The first kappa shape index (κ1) is 8.09. The van der Waals surface area contributed by atoms with Crippen molar-refractivity contribution in [2.24, 2.45) is 0 Å². The Bertz CT molecular complexity index is 124. The molecular weight excluding hydrogens is 158 g/mol. The van der Waals surface area contributed by atoms with Gasteiger partial charge >= 0.3 is 11.4 Å². The minimum absolute atomic E-state index is 0.548. The first-order chi connectivity index (χ1) is 4.79. The van der Waals surface area contributed by atoms with Crippen molar-refractivity contribution in [2.45, 2.75) is 0 Å². The Labute approximate surface area is 61.4 Å². The van der Waals surface area contributed by atoms with Gasteiger partial charge in [0.05, 0.1) is 13.2 Å². The van der Waals surface area contributed by atoms with Gasteiger partial charge in [-0.05, 0) is 0 Å². The second-order valence-corrected chi connectivity index (χ2v) is 2.42. The van der Waals surface area contributed by atoms with Crippen LogP contribution in [-0.4, -0.2) is 40.1 Å². The molecule has 10 heavy (non-hydrogen) atoms. The first-order valence-corrected chi connectivity index (χ1v) is 3.94. The molecule has 0 spiro atoms. The molecule has 1 atom stereocenters. The highest BCUT2D eigenvalue weighted by Crippen LogP contribution is 1.97. The van der Waals surface area contributed by atoms with Gasteiger partial charge in [-0.15, -0.1) is 0 Å². The first-order valence-electron chi connectivity index (χ1n) is 2.91. The molecule has 1 fully saturated rings. The Morgan fingerprint density at radius 2 is 2.10 bits per heavy atom. The molecule has 60 valence electrons. The predicted octanol–water partition coefficient (Wildman–Crippen LogP) is -0.613. The highest BCUT2D eigenvalue weighted by molar-refractivity contribution is 7.74. The summed E-state index contributed by atoms with van der Waals surface area (Å²) in [5.74, 6) is 0. The van der Waals surface area contributed by atoms with E-state index in [1.165, 1.54) is 5.06 Å². The van der Waals surface area contributed by atoms with Gasteiger partial charge < -0.3 is 4.74 Å². The largest absolute Gasteiger partial charge is 0.379 e. The molecule has 0 aliphatic carbocycles. The van der Waals surface area contributed by atoms with E-state index in [0.717, 1.165) is 0 Å². The van der Waals surface area contributed by atoms with Gasteiger partial charge in [0, 0.05) is 13.1 Å². The van der Waals surface area contributed by atoms with Gasteiger partial charge in [-0.3, -0.25) is 4.55 Å². The molecule has 1 unspecified atom stereocenters. The number of hydrogen-bond donors (Lipinski definition) is 1. The quantitative estimate of drug-likeness (QED) is 0.556. The van der Waals surface area contributed by atoms with Crippen LogP contribution in [0.1, 0.15) is 0 Å². The van der Waals surface area contributed by atoms with Gasteiger partial charge in [0.2, 0.25) is 0 Å². The van der Waals surface area contributed by atoms with Crippen molar-refractivity contribution >= 4 is 11.4 Å². The molecule has 6 heteroatoms. The number of nitrogens with zero attached hydrogens (tertiary/aromatic N) is 1. The van der Waals surface area contributed by atoms with Crippen molar-refractivity contribution in [2.75, 3.05) is 26.3 Å². The lowest BCUT2D eigenvalue weighted by molar-refractivity contribution is -0.114. The molecule has 1 N–H and O–H groups in total. The van der Waals surface area contributed by atoms with Crippen LogP contribution in [0, 0.1) is 0 Å². The van der Waals surface area contributed by atoms with Gasteiger partial charge in [0.25, 0.3) is 0 Å². The standard InChI is InChI=1S/C4H9NO4S/c6-10(7)9-5-1-3-8-4-2-5/h1-4H2,(H,6,7). The molecule has 0 amide bonds. The number of hydroxylamine groups is 2. The molecule has 0 bridgehead atoms. The van der Waals surface area contributed by atoms with Crippen molar-refractivity contribution in [3.63, 3.8) is 0 Å². The second kappa shape index (κ2) is 3.99. The number of morpholine rings is 1. The Morgan fingerprint density at radius 3 is 2.60 bits per heavy atom. The molecule has 1 heterocycles. The molecule has 0 aromatic carbocycles. The van der Waals surface area contributed by atoms with Gasteiger partial charge in [0.15, 0.2) is 0 Å². The van der Waals surface area contributed by atoms with E-state index in [-0.39, 0.29) is 0 Å². The third-order valence-corrected chi connectivity index (χ3v) is 1.48. The van der Waals surface area contributed by atoms with Gasteiger partial charge in [-0.2, -0.15) is 13.6 Å². The van der Waals surface area contributed by atoms with Gasteiger partial charge in [-0.25, -0.2) is 0 Å². The van der Waals surface area contributed by atoms with Crippen LogP contribution in [-0.2, 0) is 20.4 Å². The molecular formula is C4H9NO4S. The van der Waals surface area contributed by atoms with Crippen LogP contribution in [0.25, 0.3) is 0 Å². The fourth-order valence-electron chi connectivity index (χ4n) is 0.711. The zero-order valence-electron chi connectivity index (χ0n) is 5.36. The summed E-state index contributed by atoms with van der Waals surface area (Å²) in [5.41, 5.74) is 0. The van der Waals surface area contributed by atoms with E-state index < -0.39 is 11.4 Å². The molecule has 0 aromatic rings. The second-order valence-electron chi connectivity index (χ2n) is 1.83. The SMILES string of the molecule is O=S(O)ON1CCOCC1. The van der Waals surface area contributed by atoms with Crippen LogP contribution in [0.4, 0.5) is 0 Å². The minimum Gasteiger partial charge on any atom is -0.379 e. The maximum Gasteiger partial charge on any atom is 0.319 e. The van der Waals surface area contributed by atoms with E-state index >= 15 is 0 Å². The molecule has 0 aromatic heterocycles. The van der Waals surface area contributed by atoms with Gasteiger partial charge in [0.1, 0.15) is 0 Å². The Balaban J connectivity index is 2.19. The summed E-state index contributed by atoms with van der Waals surface area (Å²) in [6.45, 7) is 2.20. The number of rotatable bonds is 2. The fraction of sp³-hybridized carbons (Fsp3) is 1.00. The molecule has 0 saturated carbocycles. The monoisotopic (exact) mass is 167 g/mol. The Morgan fingerprint density at radius 1 is 1.50 bits per heavy atom. The summed E-state index contributed by atoms with van der Waals surface area (Å²) < 4.78 is 27.8. The normalized spacial score (nSPS) is 24.5. The topological polar surface area (TPSA) is 59.0 Å². The molecule has 1 saturated heterocycles. The van der Waals surface area contributed by atoms with E-state index in [4.69, 9.17) is 9.29 Å². The average Bonchev–Trinajstić information content (AvgIpc) is 1.88. The minimum atomic E-state index is -2.19. The van der Waals surface area contributed by atoms with Crippen molar-refractivity contribution < 1.29 is 17.8 Å². The predicted molar refractivity (Wildman–Crippen MR) is 34.2 cm³/mol. The van der Waals surface area contributed by atoms with Gasteiger partial charge in [-0.1, -0.05) is 0 Å². The smallest absolute Gasteiger partial charge is 0.319 e. The van der Waals surface area contributed by atoms with Crippen molar-refractivity contribution in [1.29, 1.82) is 0 Å². The summed E-state index contributed by atoms with van der Waals surface area (Å²) in [4.78, 5) is 0. The van der Waals surface area contributed by atoms with E-state index in [9.17, 15) is 4.21 Å². The van der Waals surface area contributed by atoms with Crippen LogP contribution in [0.3, 0.4) is 0 Å². The third-order valence-electron chi connectivity index (χ3n) is 1.14. The van der Waals surface area contributed by atoms with Crippen LogP contribution < -0.4 is 0 Å². The summed E-state index contributed by atoms with van der Waals surface area (Å²) in [7, 11) is 0. The lowest BCUT2D eigenvalue weighted by Crippen LogP contribution is -2.36. The molecule has 5 nitrogen and oxygen atoms in total. The average molecular weight is 167 g/mol. The van der Waals surface area contributed by atoms with Crippen molar-refractivity contribution in [3.05, 3.63) is 0 Å². The lowest BCUT2D eigenvalue weighted by Gasteiger charge is -2.22. The van der Waals surface area contributed by atoms with Crippen LogP contribution >= 0.6 is 0 Å². The summed E-state index contributed by atoms with van der Waals surface area (Å²) in [5, 5.41) is 1.42. The lowest BCUT2D eigenvalue weighted by atomic mass is 10.5. The third kappa shape index (κ3) is 2.72. The molecule has 1 aliphatic rings. The molecule has 0 radical (unpaired) electrons. The number of hydrogen-bond acceptors (Lipinski definition) is 4. The highest BCUT2D eigenvalue weighted by Gasteiger charge is 2.12. The van der Waals surface area contributed by atoms with Crippen LogP contribution in [0.15, 0.2) is 0 Å². The number of ether oxygens (including phenoxy) is 1. The Hall–Kier alpha value is -0.0100. The Kier molecular flexibility index (Phi) is 3.23. The van der Waals surface area contributed by atoms with E-state index in [0.29, 0.717) is 26.3 Å². The van der Waals surface area contributed by atoms with Crippen molar-refractivity contribution in [1.82, 2.24) is 5.06 Å². The zero-order chi connectivity index (χ0) is 7.40. The van der Waals surface area contributed by atoms with E-state index in [2.05, 4.69) is 4.28 Å².